The summed E-state index contributed by atoms with van der Waals surface area (Å²) < 4.78 is 4.55. The SMILES string of the molecule is CCOC(=O)C(O)CC(=O)c1cccc([N+](=O)[O-])c1. The van der Waals surface area contributed by atoms with E-state index >= 15 is 0 Å². The molecule has 0 saturated heterocycles. The molecule has 0 aromatic heterocycles. The molecule has 0 bridgehead atoms. The van der Waals surface area contributed by atoms with E-state index in [4.69, 9.17) is 0 Å². The summed E-state index contributed by atoms with van der Waals surface area (Å²) in [6, 6.07) is 5.09. The van der Waals surface area contributed by atoms with E-state index in [1.165, 1.54) is 18.2 Å². The highest BCUT2D eigenvalue weighted by Gasteiger charge is 2.21. The van der Waals surface area contributed by atoms with E-state index in [9.17, 15) is 24.8 Å². The molecule has 0 fully saturated rings. The van der Waals surface area contributed by atoms with E-state index in [0.717, 1.165) is 6.07 Å². The monoisotopic (exact) mass is 267 g/mol. The van der Waals surface area contributed by atoms with Gasteiger partial charge >= 0.3 is 5.97 Å². The lowest BCUT2D eigenvalue weighted by Crippen LogP contribution is -2.26. The first kappa shape index (κ1) is 14.8. The number of non-ortho nitro benzene ring substituents is 1. The Morgan fingerprint density at radius 1 is 1.47 bits per heavy atom. The van der Waals surface area contributed by atoms with Gasteiger partial charge in [-0.25, -0.2) is 4.79 Å². The van der Waals surface area contributed by atoms with Crippen molar-refractivity contribution in [2.24, 2.45) is 0 Å². The Bertz CT molecular complexity index is 499. The van der Waals surface area contributed by atoms with Gasteiger partial charge in [-0.15, -0.1) is 0 Å². The summed E-state index contributed by atoms with van der Waals surface area (Å²) in [4.78, 5) is 32.8. The third-order valence-electron chi connectivity index (χ3n) is 2.32. The predicted molar refractivity (Wildman–Crippen MR) is 64.7 cm³/mol. The molecule has 0 heterocycles. The van der Waals surface area contributed by atoms with E-state index in [1.54, 1.807) is 6.92 Å². The van der Waals surface area contributed by atoms with E-state index in [2.05, 4.69) is 4.74 Å². The molecule has 7 heteroatoms. The first-order valence-corrected chi connectivity index (χ1v) is 5.58. The Morgan fingerprint density at radius 3 is 2.74 bits per heavy atom. The first-order chi connectivity index (χ1) is 8.95. The lowest BCUT2D eigenvalue weighted by atomic mass is 10.0. The smallest absolute Gasteiger partial charge is 0.335 e. The lowest BCUT2D eigenvalue weighted by molar-refractivity contribution is -0.384. The highest BCUT2D eigenvalue weighted by atomic mass is 16.6. The van der Waals surface area contributed by atoms with Crippen molar-refractivity contribution < 1.29 is 24.4 Å². The van der Waals surface area contributed by atoms with Crippen LogP contribution < -0.4 is 0 Å². The molecular formula is C12H13NO6. The van der Waals surface area contributed by atoms with Crippen LogP contribution in [0.3, 0.4) is 0 Å². The van der Waals surface area contributed by atoms with Gasteiger partial charge < -0.3 is 9.84 Å². The van der Waals surface area contributed by atoms with Crippen LogP contribution in [0.4, 0.5) is 5.69 Å². The van der Waals surface area contributed by atoms with Crippen LogP contribution in [0.2, 0.25) is 0 Å². The summed E-state index contributed by atoms with van der Waals surface area (Å²) in [7, 11) is 0. The number of nitro groups is 1. The summed E-state index contributed by atoms with van der Waals surface area (Å²) in [6.07, 6.45) is -2.04. The molecule has 102 valence electrons. The van der Waals surface area contributed by atoms with Gasteiger partial charge in [0.15, 0.2) is 11.9 Å². The van der Waals surface area contributed by atoms with Gasteiger partial charge in [0.05, 0.1) is 11.5 Å². The number of nitro benzene ring substituents is 1. The minimum absolute atomic E-state index is 0.0672. The van der Waals surface area contributed by atoms with E-state index < -0.39 is 29.2 Å². The van der Waals surface area contributed by atoms with Crippen LogP contribution in [0.5, 0.6) is 0 Å². The number of hydrogen-bond donors (Lipinski definition) is 1. The quantitative estimate of drug-likeness (QED) is 0.358. The largest absolute Gasteiger partial charge is 0.464 e. The minimum Gasteiger partial charge on any atom is -0.464 e. The van der Waals surface area contributed by atoms with Crippen LogP contribution in [0.25, 0.3) is 0 Å². The fraction of sp³-hybridized carbons (Fsp3) is 0.333. The number of carbonyl (C=O) groups is 2. The number of rotatable bonds is 6. The molecule has 1 rings (SSSR count). The molecule has 0 spiro atoms. The predicted octanol–water partition coefficient (Wildman–Crippen LogP) is 1.09. The number of aliphatic hydroxyl groups is 1. The van der Waals surface area contributed by atoms with Crippen molar-refractivity contribution in [2.45, 2.75) is 19.4 Å². The van der Waals surface area contributed by atoms with E-state index in [1.807, 2.05) is 0 Å². The van der Waals surface area contributed by atoms with Gasteiger partial charge in [-0.2, -0.15) is 0 Å². The Morgan fingerprint density at radius 2 is 2.16 bits per heavy atom. The highest BCUT2D eigenvalue weighted by Crippen LogP contribution is 2.15. The van der Waals surface area contributed by atoms with Crippen LogP contribution in [-0.4, -0.2) is 34.5 Å². The number of aliphatic hydroxyl groups excluding tert-OH is 1. The fourth-order valence-electron chi connectivity index (χ4n) is 1.41. The molecule has 19 heavy (non-hydrogen) atoms. The van der Waals surface area contributed by atoms with Crippen molar-refractivity contribution >= 4 is 17.4 Å². The third-order valence-corrected chi connectivity index (χ3v) is 2.32. The molecule has 0 aliphatic heterocycles. The van der Waals surface area contributed by atoms with Gasteiger partial charge in [-0.1, -0.05) is 12.1 Å². The van der Waals surface area contributed by atoms with Gasteiger partial charge in [0, 0.05) is 24.1 Å². The zero-order chi connectivity index (χ0) is 14.4. The molecule has 0 aliphatic rings. The summed E-state index contributed by atoms with van der Waals surface area (Å²) in [6.45, 7) is 1.67. The normalized spacial score (nSPS) is 11.7. The lowest BCUT2D eigenvalue weighted by Gasteiger charge is -2.08. The molecule has 1 aromatic carbocycles. The van der Waals surface area contributed by atoms with Gasteiger partial charge in [0.2, 0.25) is 0 Å². The average molecular weight is 267 g/mol. The molecule has 1 atom stereocenters. The first-order valence-electron chi connectivity index (χ1n) is 5.58. The van der Waals surface area contributed by atoms with Crippen LogP contribution in [-0.2, 0) is 9.53 Å². The second-order valence-electron chi connectivity index (χ2n) is 3.70. The number of benzene rings is 1. The number of nitrogens with zero attached hydrogens (tertiary/aromatic N) is 1. The van der Waals surface area contributed by atoms with Crippen molar-refractivity contribution in [3.8, 4) is 0 Å². The molecule has 0 saturated carbocycles. The Hall–Kier alpha value is -2.28. The number of ether oxygens (including phenoxy) is 1. The highest BCUT2D eigenvalue weighted by molar-refractivity contribution is 5.99. The summed E-state index contributed by atoms with van der Waals surface area (Å²) in [5.74, 6) is -1.45. The minimum atomic E-state index is -1.56. The molecule has 0 amide bonds. The summed E-state index contributed by atoms with van der Waals surface area (Å²) in [5, 5.41) is 20.0. The maximum absolute atomic E-state index is 11.7. The van der Waals surface area contributed by atoms with Crippen LogP contribution in [0.15, 0.2) is 24.3 Å². The van der Waals surface area contributed by atoms with E-state index in [-0.39, 0.29) is 17.9 Å². The zero-order valence-electron chi connectivity index (χ0n) is 10.2. The summed E-state index contributed by atoms with van der Waals surface area (Å²) >= 11 is 0. The van der Waals surface area contributed by atoms with Gasteiger partial charge in [0.25, 0.3) is 5.69 Å². The molecule has 0 radical (unpaired) electrons. The number of ketones is 1. The van der Waals surface area contributed by atoms with Crippen LogP contribution in [0.1, 0.15) is 23.7 Å². The molecular weight excluding hydrogens is 254 g/mol. The molecule has 7 nitrogen and oxygen atoms in total. The Balaban J connectivity index is 2.75. The van der Waals surface area contributed by atoms with Crippen LogP contribution in [0, 0.1) is 10.1 Å². The van der Waals surface area contributed by atoms with Crippen molar-refractivity contribution in [1.82, 2.24) is 0 Å². The fourth-order valence-corrected chi connectivity index (χ4v) is 1.41. The number of Topliss-reactive ketones (excluding diaryl/α,β-unsaturated/α-hetero) is 1. The Kier molecular flexibility index (Phi) is 5.13. The van der Waals surface area contributed by atoms with E-state index in [0.29, 0.717) is 0 Å². The molecule has 1 aromatic rings. The zero-order valence-corrected chi connectivity index (χ0v) is 10.2. The maximum Gasteiger partial charge on any atom is 0.335 e. The Labute approximate surface area is 109 Å². The van der Waals surface area contributed by atoms with Crippen molar-refractivity contribution in [2.75, 3.05) is 6.61 Å². The van der Waals surface area contributed by atoms with Gasteiger partial charge in [-0.3, -0.25) is 14.9 Å². The number of hydrogen-bond acceptors (Lipinski definition) is 6. The second kappa shape index (κ2) is 6.60. The molecule has 1 unspecified atom stereocenters. The second-order valence-corrected chi connectivity index (χ2v) is 3.70. The van der Waals surface area contributed by atoms with Gasteiger partial charge in [-0.05, 0) is 6.92 Å². The third kappa shape index (κ3) is 4.14. The molecule has 0 aliphatic carbocycles. The molecule has 1 N–H and O–H groups in total. The standard InChI is InChI=1S/C12H13NO6/c1-2-19-12(16)11(15)7-10(14)8-4-3-5-9(6-8)13(17)18/h3-6,11,15H,2,7H2,1H3. The topological polar surface area (TPSA) is 107 Å². The van der Waals surface area contributed by atoms with Gasteiger partial charge in [0.1, 0.15) is 0 Å². The van der Waals surface area contributed by atoms with Crippen molar-refractivity contribution in [1.29, 1.82) is 0 Å². The van der Waals surface area contributed by atoms with Crippen molar-refractivity contribution in [3.63, 3.8) is 0 Å². The number of esters is 1. The summed E-state index contributed by atoms with van der Waals surface area (Å²) in [5.41, 5.74) is -0.158. The maximum atomic E-state index is 11.7. The number of carbonyl (C=O) groups excluding carboxylic acids is 2. The van der Waals surface area contributed by atoms with Crippen LogP contribution >= 0.6 is 0 Å². The average Bonchev–Trinajstić information content (AvgIpc) is 2.39. The van der Waals surface area contributed by atoms with Crippen molar-refractivity contribution in [3.05, 3.63) is 39.9 Å².